The van der Waals surface area contributed by atoms with Crippen molar-refractivity contribution < 1.29 is 19.1 Å². The van der Waals surface area contributed by atoms with Crippen LogP contribution in [0.5, 0.6) is 11.5 Å². The van der Waals surface area contributed by atoms with Crippen LogP contribution in [0.3, 0.4) is 0 Å². The van der Waals surface area contributed by atoms with Crippen molar-refractivity contribution in [2.24, 2.45) is 4.99 Å². The lowest BCUT2D eigenvalue weighted by atomic mass is 10.0. The predicted molar refractivity (Wildman–Crippen MR) is 129 cm³/mol. The van der Waals surface area contributed by atoms with Gasteiger partial charge in [0, 0.05) is 17.5 Å². The Labute approximate surface area is 196 Å². The molecule has 1 N–H and O–H groups in total. The van der Waals surface area contributed by atoms with Gasteiger partial charge in [0.25, 0.3) is 5.91 Å². The average molecular weight is 471 g/mol. The molecule has 0 unspecified atom stereocenters. The van der Waals surface area contributed by atoms with Crippen molar-refractivity contribution in [2.75, 3.05) is 6.61 Å². The standard InChI is InChI=1S/C24H23ClN2O4S/c1-4-6-18-11-17(13-21-23(29)27-24(32-21)26-15(3)28)12-20(30-5-2)22(18)31-14-16-7-9-19(25)10-8-16/h4,7-13H,1,5-6,14H2,2-3H3,(H,26,27,28,29)/b21-13+. The van der Waals surface area contributed by atoms with Gasteiger partial charge in [-0.15, -0.1) is 6.58 Å². The quantitative estimate of drug-likeness (QED) is 0.426. The van der Waals surface area contributed by atoms with Crippen molar-refractivity contribution in [1.29, 1.82) is 0 Å². The van der Waals surface area contributed by atoms with Gasteiger partial charge in [0.05, 0.1) is 11.5 Å². The number of thioether (sulfide) groups is 1. The zero-order chi connectivity index (χ0) is 23.1. The van der Waals surface area contributed by atoms with Crippen molar-refractivity contribution in [3.63, 3.8) is 0 Å². The molecule has 0 aromatic heterocycles. The maximum absolute atomic E-state index is 12.2. The fraction of sp³-hybridized carbons (Fsp3) is 0.208. The summed E-state index contributed by atoms with van der Waals surface area (Å²) in [6, 6.07) is 11.2. The van der Waals surface area contributed by atoms with Gasteiger partial charge in [-0.2, -0.15) is 4.99 Å². The number of rotatable bonds is 8. The number of carbonyl (C=O) groups is 2. The van der Waals surface area contributed by atoms with E-state index in [0.717, 1.165) is 28.5 Å². The fourth-order valence-electron chi connectivity index (χ4n) is 3.00. The molecule has 6 nitrogen and oxygen atoms in total. The molecule has 1 aliphatic rings. The van der Waals surface area contributed by atoms with E-state index in [2.05, 4.69) is 16.9 Å². The number of halogens is 1. The van der Waals surface area contributed by atoms with Gasteiger partial charge in [-0.3, -0.25) is 9.59 Å². The smallest absolute Gasteiger partial charge is 0.286 e. The summed E-state index contributed by atoms with van der Waals surface area (Å²) in [6.07, 6.45) is 4.07. The van der Waals surface area contributed by atoms with Gasteiger partial charge in [-0.25, -0.2) is 0 Å². The largest absolute Gasteiger partial charge is 0.490 e. The molecule has 0 atom stereocenters. The molecule has 0 saturated heterocycles. The molecule has 1 heterocycles. The monoisotopic (exact) mass is 470 g/mol. The molecule has 0 spiro atoms. The summed E-state index contributed by atoms with van der Waals surface area (Å²) in [5, 5.41) is 3.48. The van der Waals surface area contributed by atoms with E-state index in [-0.39, 0.29) is 11.1 Å². The zero-order valence-corrected chi connectivity index (χ0v) is 19.4. The molecule has 32 heavy (non-hydrogen) atoms. The minimum Gasteiger partial charge on any atom is -0.490 e. The molecule has 2 aromatic rings. The number of nitrogens with one attached hydrogen (secondary N) is 1. The average Bonchev–Trinajstić information content (AvgIpc) is 3.07. The Bertz CT molecular complexity index is 1090. The summed E-state index contributed by atoms with van der Waals surface area (Å²) in [4.78, 5) is 27.8. The number of carbonyl (C=O) groups excluding carboxylic acids is 2. The van der Waals surface area contributed by atoms with E-state index >= 15 is 0 Å². The molecular formula is C24H23ClN2O4S. The van der Waals surface area contributed by atoms with Crippen LogP contribution in [0.1, 0.15) is 30.5 Å². The Morgan fingerprint density at radius 1 is 1.25 bits per heavy atom. The van der Waals surface area contributed by atoms with Crippen LogP contribution in [0.15, 0.2) is 59.0 Å². The summed E-state index contributed by atoms with van der Waals surface area (Å²) >= 11 is 7.08. The topological polar surface area (TPSA) is 77.0 Å². The van der Waals surface area contributed by atoms with Crippen LogP contribution in [0.2, 0.25) is 5.02 Å². The Balaban J connectivity index is 1.90. The lowest BCUT2D eigenvalue weighted by Crippen LogP contribution is -2.23. The highest BCUT2D eigenvalue weighted by Gasteiger charge is 2.23. The highest BCUT2D eigenvalue weighted by molar-refractivity contribution is 8.18. The van der Waals surface area contributed by atoms with Gasteiger partial charge in [0.2, 0.25) is 5.91 Å². The summed E-state index contributed by atoms with van der Waals surface area (Å²) in [5.74, 6) is 0.528. The Morgan fingerprint density at radius 2 is 2.00 bits per heavy atom. The van der Waals surface area contributed by atoms with E-state index < -0.39 is 5.91 Å². The van der Waals surface area contributed by atoms with Gasteiger partial charge in [-0.05, 0) is 66.6 Å². The number of benzene rings is 2. The molecule has 2 aromatic carbocycles. The first-order valence-electron chi connectivity index (χ1n) is 9.97. The number of aliphatic imine (C=N–C) groups is 1. The number of hydrogen-bond donors (Lipinski definition) is 1. The van der Waals surface area contributed by atoms with Crippen LogP contribution in [0.4, 0.5) is 0 Å². The Kier molecular flexibility index (Phi) is 8.14. The molecule has 0 saturated carbocycles. The van der Waals surface area contributed by atoms with Crippen molar-refractivity contribution in [3.05, 3.63) is 75.7 Å². The molecule has 2 amide bonds. The summed E-state index contributed by atoms with van der Waals surface area (Å²) < 4.78 is 12.0. The van der Waals surface area contributed by atoms with Crippen LogP contribution in [0, 0.1) is 0 Å². The SMILES string of the molecule is C=CCc1cc(/C=C2/SC(NC(C)=O)=NC2=O)cc(OCC)c1OCc1ccc(Cl)cc1. The third-order valence-corrected chi connectivity index (χ3v) is 5.47. The van der Waals surface area contributed by atoms with E-state index in [1.807, 2.05) is 43.3 Å². The molecule has 0 fully saturated rings. The van der Waals surface area contributed by atoms with Crippen LogP contribution in [-0.2, 0) is 22.6 Å². The first kappa shape index (κ1) is 23.6. The molecule has 3 rings (SSSR count). The maximum atomic E-state index is 12.2. The number of hydrogen-bond acceptors (Lipinski definition) is 5. The van der Waals surface area contributed by atoms with E-state index in [1.165, 1.54) is 6.92 Å². The minimum atomic E-state index is -0.398. The van der Waals surface area contributed by atoms with E-state index in [1.54, 1.807) is 12.2 Å². The number of amidine groups is 1. The first-order valence-corrected chi connectivity index (χ1v) is 11.2. The van der Waals surface area contributed by atoms with E-state index in [0.29, 0.717) is 41.1 Å². The van der Waals surface area contributed by atoms with Crippen LogP contribution in [-0.4, -0.2) is 23.6 Å². The van der Waals surface area contributed by atoms with Gasteiger partial charge >= 0.3 is 0 Å². The highest BCUT2D eigenvalue weighted by Crippen LogP contribution is 2.36. The maximum Gasteiger partial charge on any atom is 0.286 e. The minimum absolute atomic E-state index is 0.271. The van der Waals surface area contributed by atoms with E-state index in [9.17, 15) is 9.59 Å². The second-order valence-electron chi connectivity index (χ2n) is 6.86. The predicted octanol–water partition coefficient (Wildman–Crippen LogP) is 5.15. The number of amides is 2. The zero-order valence-electron chi connectivity index (χ0n) is 17.8. The van der Waals surface area contributed by atoms with Gasteiger partial charge < -0.3 is 14.8 Å². The molecule has 0 radical (unpaired) electrons. The number of ether oxygens (including phenoxy) is 2. The first-order chi connectivity index (χ1) is 15.4. The molecular weight excluding hydrogens is 448 g/mol. The second-order valence-corrected chi connectivity index (χ2v) is 8.33. The van der Waals surface area contributed by atoms with Crippen molar-refractivity contribution in [3.8, 4) is 11.5 Å². The molecule has 1 aliphatic heterocycles. The van der Waals surface area contributed by atoms with Crippen LogP contribution < -0.4 is 14.8 Å². The Morgan fingerprint density at radius 3 is 2.66 bits per heavy atom. The number of nitrogens with zero attached hydrogens (tertiary/aromatic N) is 1. The summed E-state index contributed by atoms with van der Waals surface area (Å²) in [7, 11) is 0. The molecule has 8 heteroatoms. The van der Waals surface area contributed by atoms with Crippen LogP contribution in [0.25, 0.3) is 6.08 Å². The van der Waals surface area contributed by atoms with Crippen LogP contribution >= 0.6 is 23.4 Å². The summed E-state index contributed by atoms with van der Waals surface area (Å²) in [5.41, 5.74) is 2.62. The molecule has 0 bridgehead atoms. The summed E-state index contributed by atoms with van der Waals surface area (Å²) in [6.45, 7) is 7.91. The van der Waals surface area contributed by atoms with Gasteiger partial charge in [0.1, 0.15) is 6.61 Å². The van der Waals surface area contributed by atoms with Gasteiger partial charge in [0.15, 0.2) is 16.7 Å². The van der Waals surface area contributed by atoms with Crippen molar-refractivity contribution >= 4 is 46.4 Å². The molecule has 0 aliphatic carbocycles. The third kappa shape index (κ3) is 6.24. The third-order valence-electron chi connectivity index (χ3n) is 4.32. The second kappa shape index (κ2) is 11.0. The lowest BCUT2D eigenvalue weighted by molar-refractivity contribution is -0.117. The van der Waals surface area contributed by atoms with Crippen molar-refractivity contribution in [2.45, 2.75) is 26.9 Å². The highest BCUT2D eigenvalue weighted by atomic mass is 35.5. The number of allylic oxidation sites excluding steroid dienone is 1. The van der Waals surface area contributed by atoms with Gasteiger partial charge in [-0.1, -0.05) is 29.8 Å². The Hall–Kier alpha value is -3.03. The molecule has 166 valence electrons. The van der Waals surface area contributed by atoms with E-state index in [4.69, 9.17) is 21.1 Å². The van der Waals surface area contributed by atoms with Crippen molar-refractivity contribution in [1.82, 2.24) is 5.32 Å². The fourth-order valence-corrected chi connectivity index (χ4v) is 3.99. The lowest BCUT2D eigenvalue weighted by Gasteiger charge is -2.17. The normalized spacial score (nSPS) is 14.3.